The van der Waals surface area contributed by atoms with Gasteiger partial charge in [0.2, 0.25) is 18.2 Å². The third-order valence-electron chi connectivity index (χ3n) is 21.2. The highest BCUT2D eigenvalue weighted by molar-refractivity contribution is 8.20. The Hall–Kier alpha value is -13.1. The number of carbonyl (C=O) groups is 5. The maximum atomic E-state index is 13.5. The number of phenolic OH excluding ortho intramolecular Hbond substituents is 5. The van der Waals surface area contributed by atoms with E-state index in [9.17, 15) is 199 Å². The van der Waals surface area contributed by atoms with Crippen LogP contribution in [0.15, 0.2) is 277 Å². The molecular weight excluding hydrogens is 2210 g/mol. The summed E-state index contributed by atoms with van der Waals surface area (Å²) in [6, 6.07) is 38.6. The predicted molar refractivity (Wildman–Crippen MR) is 543 cm³/mol. The summed E-state index contributed by atoms with van der Waals surface area (Å²) in [5.74, 6) is -6.12. The number of hydrogen-bond donors (Lipinski definition) is 32. The first kappa shape index (κ1) is 114. The molecule has 0 unspecified atom stereocenters. The van der Waals surface area contributed by atoms with E-state index in [-0.39, 0.29) is 106 Å². The second kappa shape index (κ2) is 42.9. The van der Waals surface area contributed by atoms with Gasteiger partial charge >= 0.3 is 0 Å². The summed E-state index contributed by atoms with van der Waals surface area (Å²) in [4.78, 5) is 54.2. The molecular formula is C85H81N7O44S12. The molecule has 0 spiro atoms. The van der Waals surface area contributed by atoms with Crippen molar-refractivity contribution in [1.82, 2.24) is 0 Å². The molecule has 148 heavy (non-hydrogen) atoms. The molecule has 0 saturated carbocycles. The topological polar surface area (TPSA) is 914 Å². The fourth-order valence-electron chi connectivity index (χ4n) is 14.5. The van der Waals surface area contributed by atoms with Crippen LogP contribution in [0.2, 0.25) is 0 Å². The Balaban J connectivity index is 0.000000200. The third kappa shape index (κ3) is 27.7. The molecule has 14 rings (SSSR count). The lowest BCUT2D eigenvalue weighted by Gasteiger charge is -2.22. The van der Waals surface area contributed by atoms with Crippen LogP contribution < -0.4 is 36.0 Å². The minimum atomic E-state index is -4.99. The van der Waals surface area contributed by atoms with E-state index in [0.717, 1.165) is 127 Å². The van der Waals surface area contributed by atoms with Crippen molar-refractivity contribution in [3.8, 4) is 39.9 Å². The van der Waals surface area contributed by atoms with Gasteiger partial charge in [-0.15, -0.1) is 0 Å². The summed E-state index contributed by atoms with van der Waals surface area (Å²) in [6.07, 6.45) is 1.71. The Morgan fingerprint density at radius 3 is 0.899 bits per heavy atom. The Bertz CT molecular complexity index is 8650. The Morgan fingerprint density at radius 1 is 0.257 bits per heavy atom. The number of sulfonamides is 2. The van der Waals surface area contributed by atoms with Crippen LogP contribution >= 0.6 is 54.4 Å². The second-order valence-electron chi connectivity index (χ2n) is 31.6. The molecule has 0 aliphatic rings. The molecule has 5 amide bonds. The number of nitrogens with one attached hydrogen (secondary N) is 7. The van der Waals surface area contributed by atoms with Crippen molar-refractivity contribution >= 4 is 249 Å². The van der Waals surface area contributed by atoms with Crippen molar-refractivity contribution in [3.63, 3.8) is 0 Å². The first-order valence-corrected chi connectivity index (χ1v) is 58.3. The van der Waals surface area contributed by atoms with Crippen LogP contribution in [0.5, 0.6) is 28.7 Å². The smallest absolute Gasteiger partial charge is 0.296 e. The van der Waals surface area contributed by atoms with Crippen molar-refractivity contribution in [2.45, 2.75) is 97.3 Å². The van der Waals surface area contributed by atoms with Gasteiger partial charge in [-0.25, -0.2) is 16.8 Å². The zero-order valence-corrected chi connectivity index (χ0v) is 83.7. The number of phenols is 5. The van der Waals surface area contributed by atoms with Crippen molar-refractivity contribution in [1.29, 1.82) is 0 Å². The molecule has 0 radical (unpaired) electrons. The second-order valence-corrected chi connectivity index (χ2v) is 49.6. The Labute approximate surface area is 844 Å². The van der Waals surface area contributed by atoms with Gasteiger partial charge in [-0.2, -0.15) is 42.1 Å². The molecule has 0 aromatic heterocycles. The number of benzene rings is 14. The number of hydrogen-bond acceptors (Lipinski definition) is 39. The number of fused-ring (bicyclic) bond motifs is 5. The molecule has 0 aliphatic heterocycles. The summed E-state index contributed by atoms with van der Waals surface area (Å²) in [6.45, 7) is 0. The van der Waals surface area contributed by atoms with Crippen molar-refractivity contribution < 1.29 is 199 Å². The number of rotatable bonds is 32. The van der Waals surface area contributed by atoms with Crippen LogP contribution in [-0.4, -0.2) is 206 Å². The minimum Gasteiger partial charge on any atom is -0.507 e. The maximum absolute atomic E-state index is 13.5. The number of aromatic hydroxyl groups is 5. The van der Waals surface area contributed by atoms with Crippen LogP contribution in [0.4, 0.5) is 39.8 Å². The zero-order valence-electron chi connectivity index (χ0n) is 73.9. The standard InChI is InChI=1S/C32H28N2O18S6.C28H32N2O16S4.C25H21N3O10S2/c35-29-15-25(57(47,48)49)11-19-9-23(55(41,42)43)13-27(31(19)29)33-53(37,38)21-5-1-17(2-6-21)18-3-7-22(8-4-18)54(39,40)34-28-14-24(56(44,45)46)10-20-12-26(58(50,51)52)16-30(36)32(20)28;31-23-13-19(49(41,42)43)9-15-7-17(47(35,36)37)11-21(27(15)23)29-25(33)5-3-1-2-4-6-26(34)30-22-12-18(48(38,39)40)8-16-10-20(50(44,45)46)14-24(32)28(16)22;29-13-26-17-5-1-3-14(7-17)24(31)27-18-6-2-4-15(8-18)25(32)28-21-12-20-16(10-23(21)40(36,37)38)9-19(11-22(20)30)39(33,34)35/h1-16,33-36,41-43,50-52H,(H,44,45,46)(H,47,48,49);7-14,31-32,35-37,44-46H,1-6H2,(H,29,33)(H,30,34)(H,38,39,40)(H,41,42,43);1-13,30,33-35H,(H,26,29)(H,27,31)(H,28,32)(H,36,37,38). The van der Waals surface area contributed by atoms with Gasteiger partial charge in [0.1, 0.15) is 88.0 Å². The van der Waals surface area contributed by atoms with Crippen LogP contribution in [0, 0.1) is 0 Å². The molecule has 0 heterocycles. The minimum absolute atomic E-state index is 0.00986. The lowest BCUT2D eigenvalue weighted by molar-refractivity contribution is -0.117. The van der Waals surface area contributed by atoms with Crippen molar-refractivity contribution in [2.75, 3.05) is 36.0 Å². The van der Waals surface area contributed by atoms with E-state index in [1.807, 2.05) is 0 Å². The fraction of sp³-hybridized carbons (Fsp3) is 0.0706. The van der Waals surface area contributed by atoms with Gasteiger partial charge in [-0.05, 0) is 221 Å². The Kier molecular flexibility index (Phi) is 32.9. The van der Waals surface area contributed by atoms with Crippen molar-refractivity contribution in [2.24, 2.45) is 0 Å². The summed E-state index contributed by atoms with van der Waals surface area (Å²) in [5, 5.41) is 62.8. The molecule has 0 saturated heterocycles. The summed E-state index contributed by atoms with van der Waals surface area (Å²) >= 11 is 0. The molecule has 792 valence electrons. The largest absolute Gasteiger partial charge is 0.507 e. The lowest BCUT2D eigenvalue weighted by Crippen LogP contribution is -2.16. The fourth-order valence-corrected chi connectivity index (χ4v) is 22.3. The van der Waals surface area contributed by atoms with E-state index >= 15 is 0 Å². The summed E-state index contributed by atoms with van der Waals surface area (Å²) in [5.41, 5.74) is -0.361. The first-order valence-electron chi connectivity index (χ1n) is 40.6. The molecule has 0 bridgehead atoms. The quantitative estimate of drug-likeness (QED) is 0.0106. The van der Waals surface area contributed by atoms with Gasteiger partial charge < -0.3 is 120 Å². The SMILES string of the molecule is O=C(CCCCCCC(=O)Nc1cc(S(=O)(=O)O)cc2cc(S(O)(O)O)cc(O)c12)Nc1cc(S(O)(O)O)cc2cc(S(=O)(=O)O)cc(O)c12.O=CNc1cccc(C(=O)Nc2cccc(C(=O)Nc3cc4c(O)cc(S(O)(O)O)cc4cc3S(=O)(=O)O)c2)c1.O=S(=O)(O)c1cc(O)c2c(NS(=O)(=O)c3ccc(-c4ccc(S(=O)(=O)Nc5cc(S(=O)(=O)O)cc6cc(S(O)(O)O)cc(O)c56)cc4)cc3)cc(S(O)(O)O)cc2c1. The van der Waals surface area contributed by atoms with Gasteiger partial charge in [-0.1, -0.05) is 49.2 Å². The monoisotopic (exact) mass is 2290 g/mol. The molecule has 63 heteroatoms. The van der Waals surface area contributed by atoms with Gasteiger partial charge in [0.25, 0.3) is 82.5 Å². The normalized spacial score (nSPS) is 13.1. The predicted octanol–water partition coefficient (Wildman–Crippen LogP) is 16.8. The van der Waals surface area contributed by atoms with Gasteiger partial charge in [0.05, 0.1) is 82.3 Å². The summed E-state index contributed by atoms with van der Waals surface area (Å²) in [7, 11) is -55.4. The molecule has 51 nitrogen and oxygen atoms in total. The van der Waals surface area contributed by atoms with Crippen LogP contribution in [0.3, 0.4) is 0 Å². The van der Waals surface area contributed by atoms with Gasteiger partial charge in [-0.3, -0.25) is 56.2 Å². The molecule has 0 atom stereocenters. The number of amides is 5. The third-order valence-corrected chi connectivity index (χ3v) is 32.5. The molecule has 32 N–H and O–H groups in total. The van der Waals surface area contributed by atoms with E-state index in [1.165, 1.54) is 60.7 Å². The van der Waals surface area contributed by atoms with Crippen LogP contribution in [0.25, 0.3) is 65.0 Å². The lowest BCUT2D eigenvalue weighted by atomic mass is 10.1. The van der Waals surface area contributed by atoms with Gasteiger partial charge in [0.15, 0.2) is 0 Å². The van der Waals surface area contributed by atoms with E-state index in [2.05, 4.69) is 36.0 Å². The first-order chi connectivity index (χ1) is 68.2. The highest BCUT2D eigenvalue weighted by Gasteiger charge is 2.33. The van der Waals surface area contributed by atoms with E-state index in [4.69, 9.17) is 0 Å². The maximum Gasteiger partial charge on any atom is 0.296 e. The van der Waals surface area contributed by atoms with E-state index in [0.29, 0.717) is 60.7 Å². The summed E-state index contributed by atoms with van der Waals surface area (Å²) < 4.78 is 369. The van der Waals surface area contributed by atoms with Crippen LogP contribution in [0.1, 0.15) is 59.2 Å². The van der Waals surface area contributed by atoms with E-state index in [1.54, 1.807) is 12.1 Å². The molecule has 0 fully saturated rings. The molecule has 14 aromatic carbocycles. The zero-order chi connectivity index (χ0) is 110. The number of carbonyl (C=O) groups excluding carboxylic acids is 5. The Morgan fingerprint density at radius 2 is 0.547 bits per heavy atom. The average molecular weight is 2290 g/mol. The molecule has 14 aromatic rings. The number of unbranched alkanes of at least 4 members (excludes halogenated alkanes) is 3. The van der Waals surface area contributed by atoms with E-state index < -0.39 is 248 Å². The average Bonchev–Trinajstić information content (AvgIpc) is 0.770. The highest BCUT2D eigenvalue weighted by atomic mass is 32.3. The number of anilines is 7. The highest BCUT2D eigenvalue weighted by Crippen LogP contribution is 2.54. The van der Waals surface area contributed by atoms with Gasteiger partial charge in [0, 0.05) is 74.4 Å². The van der Waals surface area contributed by atoms with Crippen LogP contribution in [-0.2, 0) is 85.0 Å². The molecule has 0 aliphatic carbocycles. The van der Waals surface area contributed by atoms with Crippen molar-refractivity contribution in [3.05, 3.63) is 230 Å².